The molecule has 0 bridgehead atoms. The van der Waals surface area contributed by atoms with Crippen molar-refractivity contribution in [3.8, 4) is 0 Å². The predicted octanol–water partition coefficient (Wildman–Crippen LogP) is 6.73. The van der Waals surface area contributed by atoms with Gasteiger partial charge < -0.3 is 21.3 Å². The first-order valence-electron chi connectivity index (χ1n) is 11.3. The highest BCUT2D eigenvalue weighted by Crippen LogP contribution is 2.14. The van der Waals surface area contributed by atoms with Gasteiger partial charge in [-0.2, -0.15) is 0 Å². The largest absolute Gasteiger partial charge is 0.396 e. The Balaban J connectivity index is 0. The zero-order valence-electron chi connectivity index (χ0n) is 21.8. The molecule has 0 aliphatic rings. The molecule has 0 saturated carbocycles. The van der Waals surface area contributed by atoms with E-state index >= 15 is 0 Å². The molecular weight excluding hydrogens is 432 g/mol. The van der Waals surface area contributed by atoms with Gasteiger partial charge in [-0.25, -0.2) is 13.8 Å². The zero-order chi connectivity index (χ0) is 26.5. The van der Waals surface area contributed by atoms with Crippen molar-refractivity contribution in [2.24, 2.45) is 16.6 Å². The van der Waals surface area contributed by atoms with Crippen LogP contribution >= 0.6 is 0 Å². The lowest BCUT2D eigenvalue weighted by atomic mass is 10.2. The van der Waals surface area contributed by atoms with Gasteiger partial charge in [0.25, 0.3) is 0 Å². The molecule has 0 aromatic heterocycles. The molecule has 0 heterocycles. The standard InChI is InChI=1S/C19H29FN4.C5H8FN.C3H6/c1-6-8-18(22-16-11-9-15(20)10-12-16)23-19(17(21)7-2)24(5)13-14(3)4;1-3-5(6)4-7-2;1-3-2/h7-12,14,22H,6,13,21H2,1-5H3;3-4,7H,1H2,2H3;3H,1H2,2H3/b17-7+,18-8+,23-19+;5-4-;. The number of halogens is 2. The van der Waals surface area contributed by atoms with Crippen LogP contribution in [0.25, 0.3) is 0 Å². The summed E-state index contributed by atoms with van der Waals surface area (Å²) >= 11 is 0. The summed E-state index contributed by atoms with van der Waals surface area (Å²) in [4.78, 5) is 6.76. The number of nitrogens with zero attached hydrogens (tertiary/aromatic N) is 2. The van der Waals surface area contributed by atoms with Crippen LogP contribution in [0.2, 0.25) is 0 Å². The Morgan fingerprint density at radius 1 is 1.21 bits per heavy atom. The van der Waals surface area contributed by atoms with E-state index in [2.05, 4.69) is 42.5 Å². The van der Waals surface area contributed by atoms with Crippen molar-refractivity contribution >= 4 is 11.5 Å². The van der Waals surface area contributed by atoms with E-state index in [9.17, 15) is 8.78 Å². The number of allylic oxidation sites excluding steroid dienone is 5. The fraction of sp³-hybridized carbons (Fsp3) is 0.370. The number of rotatable bonds is 9. The summed E-state index contributed by atoms with van der Waals surface area (Å²) in [6, 6.07) is 6.21. The van der Waals surface area contributed by atoms with Gasteiger partial charge in [0.05, 0.1) is 5.70 Å². The topological polar surface area (TPSA) is 65.7 Å². The number of benzene rings is 1. The van der Waals surface area contributed by atoms with E-state index in [1.807, 2.05) is 40.0 Å². The highest BCUT2D eigenvalue weighted by molar-refractivity contribution is 5.98. The van der Waals surface area contributed by atoms with Crippen LogP contribution in [0.15, 0.2) is 90.3 Å². The highest BCUT2D eigenvalue weighted by Gasteiger charge is 2.12. The quantitative estimate of drug-likeness (QED) is 0.160. The second-order valence-corrected chi connectivity index (χ2v) is 7.51. The third kappa shape index (κ3) is 16.3. The third-order valence-electron chi connectivity index (χ3n) is 3.79. The van der Waals surface area contributed by atoms with Crippen molar-refractivity contribution in [1.29, 1.82) is 0 Å². The summed E-state index contributed by atoms with van der Waals surface area (Å²) in [5.74, 6) is 1.30. The lowest BCUT2D eigenvalue weighted by Gasteiger charge is -2.24. The summed E-state index contributed by atoms with van der Waals surface area (Å²) in [5.41, 5.74) is 7.54. The molecule has 190 valence electrons. The minimum atomic E-state index is -0.345. The lowest BCUT2D eigenvalue weighted by molar-refractivity contribution is 0.424. The normalized spacial score (nSPS) is 12.1. The minimum absolute atomic E-state index is 0.263. The number of anilines is 1. The number of nitrogens with two attached hydrogens (primary N) is 1. The van der Waals surface area contributed by atoms with E-state index in [-0.39, 0.29) is 11.6 Å². The SMILES string of the molecule is C=C/C(F)=C/NC.C=CC.C\C=C(N)/C(=N\C(=C\CC)Nc1ccc(F)cc1)N(C)CC(C)C. The average molecular weight is 476 g/mol. The molecule has 4 N–H and O–H groups in total. The molecule has 0 aliphatic carbocycles. The molecule has 34 heavy (non-hydrogen) atoms. The minimum Gasteiger partial charge on any atom is -0.396 e. The molecule has 5 nitrogen and oxygen atoms in total. The predicted molar refractivity (Wildman–Crippen MR) is 146 cm³/mol. The Morgan fingerprint density at radius 3 is 2.15 bits per heavy atom. The molecule has 7 heteroatoms. The molecule has 0 unspecified atom stereocenters. The van der Waals surface area contributed by atoms with Crippen molar-refractivity contribution in [3.05, 3.63) is 91.1 Å². The van der Waals surface area contributed by atoms with Gasteiger partial charge >= 0.3 is 0 Å². The lowest BCUT2D eigenvalue weighted by Crippen LogP contribution is -2.34. The summed E-state index contributed by atoms with van der Waals surface area (Å²) < 4.78 is 24.9. The first-order chi connectivity index (χ1) is 16.1. The Morgan fingerprint density at radius 2 is 1.76 bits per heavy atom. The fourth-order valence-corrected chi connectivity index (χ4v) is 2.44. The number of hydrogen-bond acceptors (Lipinski definition) is 4. The van der Waals surface area contributed by atoms with Gasteiger partial charge in [0, 0.05) is 32.5 Å². The first kappa shape index (κ1) is 32.8. The maximum absolute atomic E-state index is 13.1. The average Bonchev–Trinajstić information content (AvgIpc) is 2.79. The summed E-state index contributed by atoms with van der Waals surface area (Å²) in [6.45, 7) is 17.5. The van der Waals surface area contributed by atoms with Crippen molar-refractivity contribution in [3.63, 3.8) is 0 Å². The smallest absolute Gasteiger partial charge is 0.153 e. The molecule has 0 radical (unpaired) electrons. The second kappa shape index (κ2) is 20.3. The van der Waals surface area contributed by atoms with E-state index in [1.54, 1.807) is 25.3 Å². The van der Waals surface area contributed by atoms with E-state index in [0.717, 1.165) is 30.6 Å². The maximum Gasteiger partial charge on any atom is 0.153 e. The van der Waals surface area contributed by atoms with Gasteiger partial charge in [0.15, 0.2) is 5.84 Å². The summed E-state index contributed by atoms with van der Waals surface area (Å²) in [5, 5.41) is 5.73. The maximum atomic E-state index is 13.1. The number of likely N-dealkylation sites (N-methyl/N-ethyl adjacent to an activating group) is 1. The summed E-state index contributed by atoms with van der Waals surface area (Å²) in [6.07, 6.45) is 8.76. The van der Waals surface area contributed by atoms with Gasteiger partial charge in [0.1, 0.15) is 17.5 Å². The van der Waals surface area contributed by atoms with Gasteiger partial charge in [0.2, 0.25) is 0 Å². The van der Waals surface area contributed by atoms with Gasteiger partial charge in [-0.3, -0.25) is 0 Å². The van der Waals surface area contributed by atoms with Gasteiger partial charge in [-0.15, -0.1) is 6.58 Å². The summed E-state index contributed by atoms with van der Waals surface area (Å²) in [7, 11) is 3.61. The van der Waals surface area contributed by atoms with Crippen LogP contribution in [0, 0.1) is 11.7 Å². The second-order valence-electron chi connectivity index (χ2n) is 7.51. The van der Waals surface area contributed by atoms with E-state index < -0.39 is 0 Å². The van der Waals surface area contributed by atoms with Crippen molar-refractivity contribution in [2.75, 3.05) is 26.0 Å². The van der Waals surface area contributed by atoms with Crippen LogP contribution in [-0.4, -0.2) is 31.4 Å². The number of hydrogen-bond donors (Lipinski definition) is 3. The van der Waals surface area contributed by atoms with Crippen LogP contribution in [0.5, 0.6) is 0 Å². The molecule has 0 atom stereocenters. The monoisotopic (exact) mass is 475 g/mol. The van der Waals surface area contributed by atoms with Crippen LogP contribution in [-0.2, 0) is 0 Å². The Labute approximate surface area is 205 Å². The fourth-order valence-electron chi connectivity index (χ4n) is 2.44. The molecule has 0 spiro atoms. The van der Waals surface area contributed by atoms with Gasteiger partial charge in [-0.1, -0.05) is 39.5 Å². The van der Waals surface area contributed by atoms with E-state index in [1.165, 1.54) is 18.3 Å². The Hall–Kier alpha value is -3.35. The Bertz CT molecular complexity index is 822. The molecular formula is C27H43F2N5. The van der Waals surface area contributed by atoms with Crippen LogP contribution in [0.1, 0.15) is 41.0 Å². The van der Waals surface area contributed by atoms with Crippen LogP contribution < -0.4 is 16.4 Å². The third-order valence-corrected chi connectivity index (χ3v) is 3.79. The molecule has 0 fully saturated rings. The number of amidine groups is 1. The molecule has 0 saturated heterocycles. The van der Waals surface area contributed by atoms with Crippen molar-refractivity contribution in [2.45, 2.75) is 41.0 Å². The van der Waals surface area contributed by atoms with Crippen LogP contribution in [0.3, 0.4) is 0 Å². The molecule has 0 aliphatic heterocycles. The van der Waals surface area contributed by atoms with Crippen LogP contribution in [0.4, 0.5) is 14.5 Å². The molecule has 1 aromatic rings. The molecule has 1 rings (SSSR count). The van der Waals surface area contributed by atoms with Gasteiger partial charge in [-0.05, 0) is 62.6 Å². The molecule has 1 aromatic carbocycles. The molecule has 0 amide bonds. The number of aliphatic imine (C=N–C) groups is 1. The van der Waals surface area contributed by atoms with Crippen molar-refractivity contribution in [1.82, 2.24) is 10.2 Å². The zero-order valence-corrected chi connectivity index (χ0v) is 21.8. The van der Waals surface area contributed by atoms with E-state index in [0.29, 0.717) is 17.4 Å². The van der Waals surface area contributed by atoms with Crippen molar-refractivity contribution < 1.29 is 8.78 Å². The Kier molecular flexibility index (Phi) is 19.6. The van der Waals surface area contributed by atoms with E-state index in [4.69, 9.17) is 10.7 Å². The highest BCUT2D eigenvalue weighted by atomic mass is 19.1. The number of nitrogens with one attached hydrogen (secondary N) is 2. The first-order valence-corrected chi connectivity index (χ1v) is 11.3.